The first-order valence-electron chi connectivity index (χ1n) is 10.4. The second kappa shape index (κ2) is 8.81. The number of H-pyrrole nitrogens is 1. The molecule has 3 heteroatoms. The van der Waals surface area contributed by atoms with Crippen LogP contribution in [-0.2, 0) is 12.6 Å². The first-order valence-corrected chi connectivity index (χ1v) is 12.4. The van der Waals surface area contributed by atoms with E-state index < -0.39 is 7.26 Å². The summed E-state index contributed by atoms with van der Waals surface area (Å²) < 4.78 is 0. The minimum absolute atomic E-state index is 0.0249. The lowest BCUT2D eigenvalue weighted by Crippen LogP contribution is -2.34. The fraction of sp³-hybridized carbons (Fsp3) is 0.148. The number of hydrogen-bond donors (Lipinski definition) is 1. The van der Waals surface area contributed by atoms with E-state index in [1.54, 1.807) is 0 Å². The summed E-state index contributed by atoms with van der Waals surface area (Å²) in [4.78, 5) is 16.1. The molecular formula is C27H27NOP+. The molecule has 2 nitrogen and oxygen atoms in total. The van der Waals surface area contributed by atoms with Crippen molar-refractivity contribution in [2.75, 3.05) is 0 Å². The van der Waals surface area contributed by atoms with E-state index >= 15 is 0 Å². The molecule has 3 aromatic carbocycles. The number of rotatable bonds is 6. The number of benzene rings is 3. The summed E-state index contributed by atoms with van der Waals surface area (Å²) in [6.07, 6.45) is 1.61. The summed E-state index contributed by atoms with van der Waals surface area (Å²) in [5.41, 5.74) is 3.06. The first kappa shape index (κ1) is 20.3. The maximum atomic E-state index is 13.0. The van der Waals surface area contributed by atoms with Gasteiger partial charge in [-0.2, -0.15) is 0 Å². The fourth-order valence-electron chi connectivity index (χ4n) is 4.22. The third-order valence-corrected chi connectivity index (χ3v) is 10.2. The Morgan fingerprint density at radius 1 is 0.700 bits per heavy atom. The Balaban J connectivity index is 2.02. The van der Waals surface area contributed by atoms with Crippen molar-refractivity contribution in [1.82, 2.24) is 4.98 Å². The lowest BCUT2D eigenvalue weighted by atomic mass is 10.1. The summed E-state index contributed by atoms with van der Waals surface area (Å²) in [7, 11) is -2.07. The SMILES string of the molecule is CCc1cc(C[P+](c2ccccc2)(c2ccccc2)c2ccccc2)c(=O)[nH]c1C. The lowest BCUT2D eigenvalue weighted by Gasteiger charge is -2.27. The molecule has 0 unspecified atom stereocenters. The smallest absolute Gasteiger partial charge is 0.255 e. The van der Waals surface area contributed by atoms with Crippen LogP contribution < -0.4 is 21.5 Å². The normalized spacial score (nSPS) is 11.4. The zero-order valence-corrected chi connectivity index (χ0v) is 18.4. The van der Waals surface area contributed by atoms with Crippen molar-refractivity contribution in [2.24, 2.45) is 0 Å². The predicted octanol–water partition coefficient (Wildman–Crippen LogP) is 4.74. The molecule has 4 aromatic rings. The molecule has 0 radical (unpaired) electrons. The van der Waals surface area contributed by atoms with E-state index in [4.69, 9.17) is 0 Å². The molecule has 0 spiro atoms. The Morgan fingerprint density at radius 3 is 1.53 bits per heavy atom. The standard InChI is InChI=1S/C27H26NOP/c1-3-22-19-23(27(29)28-21(22)2)20-30(24-13-7-4-8-14-24,25-15-9-5-10-16-25)26-17-11-6-12-18-26/h4-19H,3,20H2,1-2H3/p+1. The zero-order chi connectivity index (χ0) is 21.0. The van der Waals surface area contributed by atoms with E-state index in [1.165, 1.54) is 21.5 Å². The monoisotopic (exact) mass is 412 g/mol. The summed E-state index contributed by atoms with van der Waals surface area (Å²) >= 11 is 0. The Morgan fingerprint density at radius 2 is 1.13 bits per heavy atom. The number of aromatic amines is 1. The van der Waals surface area contributed by atoms with Gasteiger partial charge in [0.2, 0.25) is 0 Å². The van der Waals surface area contributed by atoms with Gasteiger partial charge in [0.05, 0.1) is 5.56 Å². The summed E-state index contributed by atoms with van der Waals surface area (Å²) in [5.74, 6) is 0. The molecule has 1 heterocycles. The Labute approximate surface area is 179 Å². The zero-order valence-electron chi connectivity index (χ0n) is 17.5. The maximum absolute atomic E-state index is 13.0. The second-order valence-electron chi connectivity index (χ2n) is 7.60. The van der Waals surface area contributed by atoms with Crippen LogP contribution >= 0.6 is 7.26 Å². The molecule has 1 aromatic heterocycles. The lowest BCUT2D eigenvalue weighted by molar-refractivity contribution is 1.00. The number of hydrogen-bond acceptors (Lipinski definition) is 1. The molecule has 0 atom stereocenters. The summed E-state index contributed by atoms with van der Waals surface area (Å²) in [6, 6.07) is 34.2. The molecular weight excluding hydrogens is 385 g/mol. The number of pyridine rings is 1. The van der Waals surface area contributed by atoms with Gasteiger partial charge in [0.1, 0.15) is 29.3 Å². The van der Waals surface area contributed by atoms with Crippen molar-refractivity contribution in [1.29, 1.82) is 0 Å². The van der Waals surface area contributed by atoms with Gasteiger partial charge in [-0.15, -0.1) is 0 Å². The van der Waals surface area contributed by atoms with Crippen LogP contribution in [0.5, 0.6) is 0 Å². The van der Waals surface area contributed by atoms with Crippen LogP contribution in [0.1, 0.15) is 23.7 Å². The second-order valence-corrected chi connectivity index (χ2v) is 11.1. The maximum Gasteiger partial charge on any atom is 0.255 e. The van der Waals surface area contributed by atoms with E-state index in [0.717, 1.165) is 17.7 Å². The highest BCUT2D eigenvalue weighted by molar-refractivity contribution is 7.95. The largest absolute Gasteiger partial charge is 0.326 e. The van der Waals surface area contributed by atoms with Crippen molar-refractivity contribution in [3.05, 3.63) is 124 Å². The molecule has 0 aliphatic heterocycles. The number of aromatic nitrogens is 1. The Hall–Kier alpha value is -2.96. The molecule has 0 saturated heterocycles. The van der Waals surface area contributed by atoms with Gasteiger partial charge in [-0.05, 0) is 61.4 Å². The first-order chi connectivity index (χ1) is 14.6. The van der Waals surface area contributed by atoms with Gasteiger partial charge < -0.3 is 4.98 Å². The van der Waals surface area contributed by atoms with Crippen molar-refractivity contribution in [2.45, 2.75) is 26.4 Å². The van der Waals surface area contributed by atoms with Crippen molar-refractivity contribution in [3.8, 4) is 0 Å². The highest BCUT2D eigenvalue weighted by atomic mass is 31.2. The molecule has 4 rings (SSSR count). The number of aryl methyl sites for hydroxylation is 2. The molecule has 0 saturated carbocycles. The minimum atomic E-state index is -2.07. The molecule has 150 valence electrons. The van der Waals surface area contributed by atoms with Gasteiger partial charge in [0, 0.05) is 5.69 Å². The van der Waals surface area contributed by atoms with Crippen LogP contribution in [0.2, 0.25) is 0 Å². The van der Waals surface area contributed by atoms with Crippen LogP contribution in [0.3, 0.4) is 0 Å². The van der Waals surface area contributed by atoms with Gasteiger partial charge in [-0.1, -0.05) is 61.5 Å². The van der Waals surface area contributed by atoms with Gasteiger partial charge >= 0.3 is 0 Å². The van der Waals surface area contributed by atoms with Gasteiger partial charge in [0.15, 0.2) is 0 Å². The topological polar surface area (TPSA) is 32.9 Å². The molecule has 30 heavy (non-hydrogen) atoms. The Kier molecular flexibility index (Phi) is 5.97. The van der Waals surface area contributed by atoms with Crippen molar-refractivity contribution >= 4 is 23.2 Å². The highest BCUT2D eigenvalue weighted by Crippen LogP contribution is 2.57. The molecule has 1 N–H and O–H groups in total. The number of nitrogens with one attached hydrogen (secondary N) is 1. The quantitative estimate of drug-likeness (QED) is 0.456. The van der Waals surface area contributed by atoms with Crippen LogP contribution in [0.25, 0.3) is 0 Å². The highest BCUT2D eigenvalue weighted by Gasteiger charge is 2.46. The Bertz CT molecular complexity index is 1070. The predicted molar refractivity (Wildman–Crippen MR) is 130 cm³/mol. The van der Waals surface area contributed by atoms with Gasteiger partial charge in [0.25, 0.3) is 5.56 Å². The van der Waals surface area contributed by atoms with Crippen LogP contribution in [0.4, 0.5) is 0 Å². The van der Waals surface area contributed by atoms with Crippen LogP contribution in [0, 0.1) is 6.92 Å². The molecule has 0 amide bonds. The van der Waals surface area contributed by atoms with E-state index in [-0.39, 0.29) is 5.56 Å². The average molecular weight is 412 g/mol. The van der Waals surface area contributed by atoms with Crippen LogP contribution in [-0.4, -0.2) is 4.98 Å². The van der Waals surface area contributed by atoms with E-state index in [9.17, 15) is 4.79 Å². The van der Waals surface area contributed by atoms with Gasteiger partial charge in [-0.25, -0.2) is 0 Å². The molecule has 0 bridgehead atoms. The molecule has 0 fully saturated rings. The van der Waals surface area contributed by atoms with Crippen LogP contribution in [0.15, 0.2) is 102 Å². The van der Waals surface area contributed by atoms with E-state index in [1.807, 2.05) is 6.92 Å². The fourth-order valence-corrected chi connectivity index (χ4v) is 8.46. The van der Waals surface area contributed by atoms with E-state index in [2.05, 4.69) is 109 Å². The average Bonchev–Trinajstić information content (AvgIpc) is 2.80. The molecule has 0 aliphatic rings. The summed E-state index contributed by atoms with van der Waals surface area (Å²) in [5, 5.41) is 3.88. The van der Waals surface area contributed by atoms with Crippen molar-refractivity contribution in [3.63, 3.8) is 0 Å². The van der Waals surface area contributed by atoms with E-state index in [0.29, 0.717) is 6.16 Å². The third kappa shape index (κ3) is 3.76. The van der Waals surface area contributed by atoms with Gasteiger partial charge in [-0.3, -0.25) is 4.79 Å². The minimum Gasteiger partial charge on any atom is -0.326 e. The third-order valence-electron chi connectivity index (χ3n) is 5.80. The molecule has 0 aliphatic carbocycles. The summed E-state index contributed by atoms with van der Waals surface area (Å²) in [6.45, 7) is 4.12. The van der Waals surface area contributed by atoms with Crippen molar-refractivity contribution < 1.29 is 0 Å².